The number of sulfone groups is 1. The summed E-state index contributed by atoms with van der Waals surface area (Å²) >= 11 is 0. The molecular weight excluding hydrogens is 246 g/mol. The van der Waals surface area contributed by atoms with E-state index in [9.17, 15) is 18.5 Å². The van der Waals surface area contributed by atoms with Crippen molar-refractivity contribution in [3.8, 4) is 5.75 Å². The third-order valence-corrected chi connectivity index (χ3v) is 3.13. The van der Waals surface area contributed by atoms with Crippen LogP contribution in [0.5, 0.6) is 5.75 Å². The standard InChI is InChI=1S/C10H13NO5S/c1-3-6-16-8-4-5-9(11(12)13)10(7-8)17(2,14)15/h4-5,7H,3,6H2,1-2H3. The maximum Gasteiger partial charge on any atom is 0.288 e. The van der Waals surface area contributed by atoms with E-state index in [1.54, 1.807) is 0 Å². The van der Waals surface area contributed by atoms with Crippen molar-refractivity contribution >= 4 is 15.5 Å². The zero-order valence-electron chi connectivity index (χ0n) is 9.54. The molecule has 6 nitrogen and oxygen atoms in total. The van der Waals surface area contributed by atoms with Gasteiger partial charge in [0.05, 0.1) is 11.5 Å². The van der Waals surface area contributed by atoms with E-state index in [1.165, 1.54) is 12.1 Å². The molecule has 0 bridgehead atoms. The molecule has 0 aliphatic heterocycles. The largest absolute Gasteiger partial charge is 0.494 e. The highest BCUT2D eigenvalue weighted by Gasteiger charge is 2.22. The predicted octanol–water partition coefficient (Wildman–Crippen LogP) is 1.79. The second-order valence-corrected chi connectivity index (χ2v) is 5.49. The number of ether oxygens (including phenoxy) is 1. The number of nitro groups is 1. The summed E-state index contributed by atoms with van der Waals surface area (Å²) in [5.41, 5.74) is -0.434. The monoisotopic (exact) mass is 259 g/mol. The minimum atomic E-state index is -3.65. The number of nitrogens with zero attached hydrogens (tertiary/aromatic N) is 1. The number of rotatable bonds is 5. The van der Waals surface area contributed by atoms with Crippen molar-refractivity contribution in [2.45, 2.75) is 18.2 Å². The molecule has 1 aromatic rings. The Morgan fingerprint density at radius 2 is 2.06 bits per heavy atom. The van der Waals surface area contributed by atoms with Crippen molar-refractivity contribution < 1.29 is 18.1 Å². The van der Waals surface area contributed by atoms with E-state index in [4.69, 9.17) is 4.74 Å². The van der Waals surface area contributed by atoms with Gasteiger partial charge in [0.25, 0.3) is 5.69 Å². The van der Waals surface area contributed by atoms with Gasteiger partial charge in [-0.25, -0.2) is 8.42 Å². The smallest absolute Gasteiger partial charge is 0.288 e. The van der Waals surface area contributed by atoms with E-state index in [0.29, 0.717) is 12.4 Å². The molecule has 0 fully saturated rings. The highest BCUT2D eigenvalue weighted by molar-refractivity contribution is 7.90. The second kappa shape index (κ2) is 5.13. The summed E-state index contributed by atoms with van der Waals surface area (Å²) in [6.45, 7) is 2.34. The van der Waals surface area contributed by atoms with Gasteiger partial charge in [-0.05, 0) is 12.5 Å². The molecule has 0 saturated carbocycles. The molecule has 1 rings (SSSR count). The Bertz CT molecular complexity index is 523. The average molecular weight is 259 g/mol. The first-order valence-corrected chi connectivity index (χ1v) is 6.86. The lowest BCUT2D eigenvalue weighted by molar-refractivity contribution is -0.387. The Balaban J connectivity index is 3.25. The molecule has 94 valence electrons. The molecule has 0 heterocycles. The van der Waals surface area contributed by atoms with Crippen LogP contribution in [0.4, 0.5) is 5.69 Å². The van der Waals surface area contributed by atoms with Gasteiger partial charge >= 0.3 is 0 Å². The Labute approximate surface area is 99.3 Å². The molecule has 1 aromatic carbocycles. The zero-order chi connectivity index (χ0) is 13.1. The second-order valence-electron chi connectivity index (χ2n) is 3.51. The van der Waals surface area contributed by atoms with Crippen molar-refractivity contribution in [2.75, 3.05) is 12.9 Å². The average Bonchev–Trinajstić information content (AvgIpc) is 2.24. The van der Waals surface area contributed by atoms with Crippen LogP contribution in [0.25, 0.3) is 0 Å². The van der Waals surface area contributed by atoms with E-state index >= 15 is 0 Å². The Kier molecular flexibility index (Phi) is 4.06. The zero-order valence-corrected chi connectivity index (χ0v) is 10.4. The maximum absolute atomic E-state index is 11.4. The van der Waals surface area contributed by atoms with Crippen LogP contribution in [0.15, 0.2) is 23.1 Å². The van der Waals surface area contributed by atoms with Gasteiger partial charge in [0.2, 0.25) is 0 Å². The lowest BCUT2D eigenvalue weighted by atomic mass is 10.3. The summed E-state index contributed by atoms with van der Waals surface area (Å²) < 4.78 is 28.1. The third-order valence-electron chi connectivity index (χ3n) is 2.00. The summed E-state index contributed by atoms with van der Waals surface area (Å²) in [7, 11) is -3.65. The normalized spacial score (nSPS) is 11.2. The van der Waals surface area contributed by atoms with Crippen molar-refractivity contribution in [1.29, 1.82) is 0 Å². The van der Waals surface area contributed by atoms with E-state index in [0.717, 1.165) is 18.7 Å². The van der Waals surface area contributed by atoms with E-state index in [-0.39, 0.29) is 4.90 Å². The van der Waals surface area contributed by atoms with Gasteiger partial charge in [-0.3, -0.25) is 10.1 Å². The van der Waals surface area contributed by atoms with Crippen LogP contribution in [0.1, 0.15) is 13.3 Å². The molecule has 7 heteroatoms. The van der Waals surface area contributed by atoms with E-state index in [2.05, 4.69) is 0 Å². The molecule has 0 unspecified atom stereocenters. The number of hydrogen-bond acceptors (Lipinski definition) is 5. The summed E-state index contributed by atoms with van der Waals surface area (Å²) in [5, 5.41) is 10.7. The molecular formula is C10H13NO5S. The van der Waals surface area contributed by atoms with Crippen LogP contribution in [0.3, 0.4) is 0 Å². The van der Waals surface area contributed by atoms with Crippen LogP contribution in [-0.2, 0) is 9.84 Å². The molecule has 0 atom stereocenters. The van der Waals surface area contributed by atoms with Gasteiger partial charge in [-0.15, -0.1) is 0 Å². The first-order chi connectivity index (χ1) is 7.86. The molecule has 0 N–H and O–H groups in total. The van der Waals surface area contributed by atoms with Crippen LogP contribution < -0.4 is 4.74 Å². The lowest BCUT2D eigenvalue weighted by Crippen LogP contribution is -2.04. The molecule has 0 radical (unpaired) electrons. The van der Waals surface area contributed by atoms with E-state index < -0.39 is 20.4 Å². The maximum atomic E-state index is 11.4. The fourth-order valence-corrected chi connectivity index (χ4v) is 2.10. The fourth-order valence-electron chi connectivity index (χ4n) is 1.25. The molecule has 0 aliphatic rings. The SMILES string of the molecule is CCCOc1ccc([N+](=O)[O-])c(S(C)(=O)=O)c1. The van der Waals surface area contributed by atoms with Gasteiger partial charge in [-0.1, -0.05) is 6.92 Å². The highest BCUT2D eigenvalue weighted by Crippen LogP contribution is 2.28. The van der Waals surface area contributed by atoms with Crippen molar-refractivity contribution in [3.05, 3.63) is 28.3 Å². The quantitative estimate of drug-likeness (QED) is 0.594. The first kappa shape index (κ1) is 13.4. The number of nitro benzene ring substituents is 1. The van der Waals surface area contributed by atoms with Gasteiger partial charge < -0.3 is 4.74 Å². The van der Waals surface area contributed by atoms with Crippen molar-refractivity contribution in [3.63, 3.8) is 0 Å². The summed E-state index contributed by atoms with van der Waals surface area (Å²) in [6, 6.07) is 3.72. The molecule has 0 saturated heterocycles. The van der Waals surface area contributed by atoms with Gasteiger partial charge in [-0.2, -0.15) is 0 Å². The van der Waals surface area contributed by atoms with Crippen LogP contribution in [0.2, 0.25) is 0 Å². The fraction of sp³-hybridized carbons (Fsp3) is 0.400. The third kappa shape index (κ3) is 3.42. The van der Waals surface area contributed by atoms with Crippen LogP contribution in [-0.4, -0.2) is 26.2 Å². The van der Waals surface area contributed by atoms with E-state index in [1.807, 2.05) is 6.92 Å². The molecule has 17 heavy (non-hydrogen) atoms. The van der Waals surface area contributed by atoms with Gasteiger partial charge in [0.1, 0.15) is 10.6 Å². The Morgan fingerprint density at radius 1 is 1.41 bits per heavy atom. The molecule has 0 spiro atoms. The minimum absolute atomic E-state index is 0.317. The predicted molar refractivity (Wildman–Crippen MR) is 62.0 cm³/mol. The minimum Gasteiger partial charge on any atom is -0.494 e. The van der Waals surface area contributed by atoms with Crippen LogP contribution >= 0.6 is 0 Å². The summed E-state index contributed by atoms with van der Waals surface area (Å²) in [5.74, 6) is 0.317. The van der Waals surface area contributed by atoms with Crippen LogP contribution in [0, 0.1) is 10.1 Å². The first-order valence-electron chi connectivity index (χ1n) is 4.97. The molecule has 0 aliphatic carbocycles. The Morgan fingerprint density at radius 3 is 2.53 bits per heavy atom. The topological polar surface area (TPSA) is 86.5 Å². The number of benzene rings is 1. The van der Waals surface area contributed by atoms with Crippen molar-refractivity contribution in [2.24, 2.45) is 0 Å². The number of hydrogen-bond donors (Lipinski definition) is 0. The van der Waals surface area contributed by atoms with Crippen molar-refractivity contribution in [1.82, 2.24) is 0 Å². The molecule has 0 amide bonds. The van der Waals surface area contributed by atoms with Gasteiger partial charge in [0, 0.05) is 18.4 Å². The Hall–Kier alpha value is -1.63. The summed E-state index contributed by atoms with van der Waals surface area (Å²) in [6.07, 6.45) is 1.70. The molecule has 0 aromatic heterocycles. The lowest BCUT2D eigenvalue weighted by Gasteiger charge is -2.06. The summed E-state index contributed by atoms with van der Waals surface area (Å²) in [4.78, 5) is 9.65. The van der Waals surface area contributed by atoms with Gasteiger partial charge in [0.15, 0.2) is 9.84 Å². The highest BCUT2D eigenvalue weighted by atomic mass is 32.2.